The molecule has 2 aromatic rings. The minimum atomic E-state index is 0.435. The fourth-order valence-electron chi connectivity index (χ4n) is 2.63. The van der Waals surface area contributed by atoms with Gasteiger partial charge in [0, 0.05) is 11.5 Å². The summed E-state index contributed by atoms with van der Waals surface area (Å²) in [4.78, 5) is 0. The van der Waals surface area contributed by atoms with E-state index in [0.29, 0.717) is 11.8 Å². The summed E-state index contributed by atoms with van der Waals surface area (Å²) < 4.78 is 12.0. The second-order valence-electron chi connectivity index (χ2n) is 7.29. The molecule has 2 aromatic heterocycles. The van der Waals surface area contributed by atoms with Crippen LogP contribution in [0.4, 0.5) is 0 Å². The van der Waals surface area contributed by atoms with E-state index in [1.54, 1.807) is 12.5 Å². The number of furan rings is 2. The van der Waals surface area contributed by atoms with Crippen LogP contribution < -0.4 is 0 Å². The molecule has 0 saturated heterocycles. The van der Waals surface area contributed by atoms with Crippen molar-refractivity contribution in [2.75, 3.05) is 0 Å². The molecular formula is C25H28O2Ti. The van der Waals surface area contributed by atoms with Crippen LogP contribution >= 0.6 is 0 Å². The van der Waals surface area contributed by atoms with Gasteiger partial charge < -0.3 is 8.83 Å². The summed E-state index contributed by atoms with van der Waals surface area (Å²) in [5.74, 6) is 2.70. The molecular weight excluding hydrogens is 380 g/mol. The van der Waals surface area contributed by atoms with Crippen molar-refractivity contribution >= 4 is 15.0 Å². The molecule has 2 nitrogen and oxygen atoms in total. The van der Waals surface area contributed by atoms with Gasteiger partial charge in [0.2, 0.25) is 0 Å². The number of hydrogen-bond acceptors (Lipinski definition) is 2. The van der Waals surface area contributed by atoms with E-state index in [1.807, 2.05) is 24.3 Å². The SMILES string of the molecule is CC1=CC(c2ccco2)=[C-]C1C.CC1=CC(c2ccco2)=[C-]C1C.C[C](C)=[Ti+2]. The van der Waals surface area contributed by atoms with E-state index >= 15 is 0 Å². The zero-order valence-electron chi connectivity index (χ0n) is 17.6. The normalized spacial score (nSPS) is 20.1. The fourth-order valence-corrected chi connectivity index (χ4v) is 2.63. The Balaban J connectivity index is 0.000000169. The summed E-state index contributed by atoms with van der Waals surface area (Å²) >= 11 is 2.08. The molecule has 0 bridgehead atoms. The van der Waals surface area contributed by atoms with E-state index in [0.717, 1.165) is 22.7 Å². The average molecular weight is 408 g/mol. The van der Waals surface area contributed by atoms with Gasteiger partial charge in [-0.25, -0.2) is 0 Å². The van der Waals surface area contributed by atoms with Gasteiger partial charge in [-0.2, -0.15) is 35.5 Å². The third-order valence-corrected chi connectivity index (χ3v) is 4.43. The van der Waals surface area contributed by atoms with Crippen LogP contribution in [0.25, 0.3) is 11.1 Å². The van der Waals surface area contributed by atoms with Crippen molar-refractivity contribution in [1.82, 2.24) is 0 Å². The average Bonchev–Trinajstić information content (AvgIpc) is 3.39. The van der Waals surface area contributed by atoms with Gasteiger partial charge in [-0.1, -0.05) is 51.7 Å². The molecule has 0 saturated carbocycles. The van der Waals surface area contributed by atoms with Crippen molar-refractivity contribution in [2.45, 2.75) is 41.5 Å². The molecule has 28 heavy (non-hydrogen) atoms. The minimum absolute atomic E-state index is 0.435. The van der Waals surface area contributed by atoms with Crippen LogP contribution in [0, 0.1) is 24.0 Å². The molecule has 2 heterocycles. The number of rotatable bonds is 2. The van der Waals surface area contributed by atoms with Crippen LogP contribution in [-0.4, -0.2) is 3.81 Å². The summed E-state index contributed by atoms with van der Waals surface area (Å²) in [6, 6.07) is 7.72. The number of hydrogen-bond donors (Lipinski definition) is 0. The molecule has 0 amide bonds. The van der Waals surface area contributed by atoms with E-state index < -0.39 is 0 Å². The third-order valence-electron chi connectivity index (χ3n) is 4.43. The van der Waals surface area contributed by atoms with Crippen LogP contribution in [-0.2, 0) is 20.0 Å². The second kappa shape index (κ2) is 10.6. The topological polar surface area (TPSA) is 26.3 Å². The summed E-state index contributed by atoms with van der Waals surface area (Å²) in [6.45, 7) is 12.7. The fraction of sp³-hybridized carbons (Fsp3) is 0.320. The molecule has 0 fully saturated rings. The molecule has 0 spiro atoms. The second-order valence-corrected chi connectivity index (χ2v) is 8.85. The van der Waals surface area contributed by atoms with Gasteiger partial charge >= 0.3 is 37.6 Å². The first kappa shape index (κ1) is 22.4. The van der Waals surface area contributed by atoms with E-state index in [9.17, 15) is 0 Å². The molecule has 0 aromatic carbocycles. The maximum absolute atomic E-state index is 5.27. The van der Waals surface area contributed by atoms with Crippen molar-refractivity contribution in [3.05, 3.63) is 83.8 Å². The standard InChI is InChI=1S/2C11H11O.C3H6.Ti/c2*1-8-6-10(7-9(8)2)11-4-3-5-12-11;1-3-2;/h2*3-6,9H,1-2H3;1-2H3;/q2*-1;;+2. The summed E-state index contributed by atoms with van der Waals surface area (Å²) in [5, 5.41) is 0. The van der Waals surface area contributed by atoms with Crippen LogP contribution in [0.15, 0.2) is 68.9 Å². The van der Waals surface area contributed by atoms with Crippen molar-refractivity contribution < 1.29 is 28.8 Å². The first-order valence-corrected chi connectivity index (χ1v) is 10.3. The quantitative estimate of drug-likeness (QED) is 0.400. The Bertz CT molecular complexity index is 816. The van der Waals surface area contributed by atoms with E-state index in [4.69, 9.17) is 8.83 Å². The number of allylic oxidation sites excluding steroid dienone is 8. The molecule has 2 atom stereocenters. The molecule has 2 aliphatic carbocycles. The van der Waals surface area contributed by atoms with Crippen molar-refractivity contribution in [3.8, 4) is 0 Å². The van der Waals surface area contributed by atoms with Gasteiger partial charge in [0.25, 0.3) is 0 Å². The molecule has 2 unspecified atom stereocenters. The zero-order chi connectivity index (χ0) is 20.7. The predicted octanol–water partition coefficient (Wildman–Crippen LogP) is 6.87. The van der Waals surface area contributed by atoms with Gasteiger partial charge in [-0.05, 0) is 12.1 Å². The van der Waals surface area contributed by atoms with Crippen molar-refractivity contribution in [2.24, 2.45) is 11.8 Å². The van der Waals surface area contributed by atoms with Gasteiger partial charge in [-0.3, -0.25) is 0 Å². The van der Waals surface area contributed by atoms with Crippen LogP contribution in [0.1, 0.15) is 53.1 Å². The predicted molar refractivity (Wildman–Crippen MR) is 113 cm³/mol. The zero-order valence-corrected chi connectivity index (χ0v) is 19.2. The van der Waals surface area contributed by atoms with E-state index in [2.05, 4.69) is 85.8 Å². The Labute approximate surface area is 180 Å². The van der Waals surface area contributed by atoms with Gasteiger partial charge in [0.15, 0.2) is 0 Å². The van der Waals surface area contributed by atoms with Gasteiger partial charge in [0.1, 0.15) is 0 Å². The first-order valence-electron chi connectivity index (χ1n) is 9.50. The monoisotopic (exact) mass is 408 g/mol. The van der Waals surface area contributed by atoms with E-state index in [1.165, 1.54) is 15.0 Å². The first-order chi connectivity index (χ1) is 13.3. The summed E-state index contributed by atoms with van der Waals surface area (Å²) in [6.07, 6.45) is 14.3. The van der Waals surface area contributed by atoms with Crippen LogP contribution in [0.3, 0.4) is 0 Å². The van der Waals surface area contributed by atoms with Gasteiger partial charge in [0.05, 0.1) is 12.5 Å². The Morgan fingerprint density at radius 3 is 1.39 bits per heavy atom. The molecule has 0 aliphatic heterocycles. The van der Waals surface area contributed by atoms with Crippen LogP contribution in [0.5, 0.6) is 0 Å². The molecule has 144 valence electrons. The Kier molecular flexibility index (Phi) is 8.47. The van der Waals surface area contributed by atoms with Crippen molar-refractivity contribution in [1.29, 1.82) is 0 Å². The Hall–Kier alpha value is -1.90. The Morgan fingerprint density at radius 1 is 0.821 bits per heavy atom. The summed E-state index contributed by atoms with van der Waals surface area (Å²) in [5.41, 5.74) is 4.87. The molecule has 0 radical (unpaired) electrons. The molecule has 4 rings (SSSR count). The van der Waals surface area contributed by atoms with Crippen molar-refractivity contribution in [3.63, 3.8) is 0 Å². The van der Waals surface area contributed by atoms with E-state index in [-0.39, 0.29) is 0 Å². The van der Waals surface area contributed by atoms with Crippen LogP contribution in [0.2, 0.25) is 0 Å². The molecule has 2 aliphatic rings. The van der Waals surface area contributed by atoms with Gasteiger partial charge in [-0.15, -0.1) is 11.1 Å². The molecule has 0 N–H and O–H groups in total. The molecule has 3 heteroatoms. The maximum atomic E-state index is 5.27. The third kappa shape index (κ3) is 6.61. The Morgan fingerprint density at radius 2 is 1.18 bits per heavy atom. The summed E-state index contributed by atoms with van der Waals surface area (Å²) in [7, 11) is 0.